The van der Waals surface area contributed by atoms with Gasteiger partial charge in [0.05, 0.1) is 4.92 Å². The minimum Gasteiger partial charge on any atom is -0.378 e. The number of nitro benzene ring substituents is 1. The molecular formula is C13H18N4O2. The summed E-state index contributed by atoms with van der Waals surface area (Å²) in [5.41, 5.74) is 5.84. The first-order valence-corrected chi connectivity index (χ1v) is 6.01. The largest absolute Gasteiger partial charge is 0.378 e. The van der Waals surface area contributed by atoms with E-state index in [-0.39, 0.29) is 22.7 Å². The number of nitrogens with zero attached hydrogens (tertiary/aromatic N) is 2. The Labute approximate surface area is 112 Å². The molecule has 102 valence electrons. The van der Waals surface area contributed by atoms with Crippen LogP contribution in [0.15, 0.2) is 18.2 Å². The highest BCUT2D eigenvalue weighted by Crippen LogP contribution is 2.27. The second-order valence-corrected chi connectivity index (χ2v) is 5.00. The van der Waals surface area contributed by atoms with Gasteiger partial charge >= 0.3 is 0 Å². The van der Waals surface area contributed by atoms with Crippen LogP contribution in [-0.4, -0.2) is 17.0 Å². The van der Waals surface area contributed by atoms with E-state index in [0.717, 1.165) is 0 Å². The lowest BCUT2D eigenvalue weighted by atomic mass is 9.88. The number of benzene rings is 1. The van der Waals surface area contributed by atoms with Crippen molar-refractivity contribution in [3.05, 3.63) is 33.9 Å². The Morgan fingerprint density at radius 2 is 2.21 bits per heavy atom. The number of hydrogen-bond acceptors (Lipinski definition) is 5. The lowest BCUT2D eigenvalue weighted by Crippen LogP contribution is -2.47. The molecule has 0 aliphatic carbocycles. The van der Waals surface area contributed by atoms with Gasteiger partial charge in [-0.2, -0.15) is 5.26 Å². The lowest BCUT2D eigenvalue weighted by Gasteiger charge is -2.34. The van der Waals surface area contributed by atoms with Crippen molar-refractivity contribution in [2.24, 2.45) is 11.7 Å². The molecule has 0 radical (unpaired) electrons. The van der Waals surface area contributed by atoms with Crippen LogP contribution in [-0.2, 0) is 0 Å². The molecule has 1 aromatic carbocycles. The van der Waals surface area contributed by atoms with Crippen LogP contribution in [0, 0.1) is 27.4 Å². The van der Waals surface area contributed by atoms with E-state index < -0.39 is 4.92 Å². The predicted octanol–water partition coefficient (Wildman–Crippen LogP) is 2.25. The highest BCUT2D eigenvalue weighted by Gasteiger charge is 2.27. The Bertz CT molecular complexity index is 522. The number of nitrogens with two attached hydrogens (primary N) is 1. The van der Waals surface area contributed by atoms with Crippen molar-refractivity contribution in [1.29, 1.82) is 5.26 Å². The topological polar surface area (TPSA) is 105 Å². The summed E-state index contributed by atoms with van der Waals surface area (Å²) < 4.78 is 0. The van der Waals surface area contributed by atoms with Crippen LogP contribution in [0.25, 0.3) is 0 Å². The van der Waals surface area contributed by atoms with Crippen LogP contribution >= 0.6 is 0 Å². The molecule has 0 aliphatic heterocycles. The molecule has 0 heterocycles. The second-order valence-electron chi connectivity index (χ2n) is 5.00. The van der Waals surface area contributed by atoms with E-state index in [0.29, 0.717) is 12.2 Å². The molecule has 0 aliphatic rings. The first kappa shape index (κ1) is 14.9. The van der Waals surface area contributed by atoms with Crippen LogP contribution in [0.4, 0.5) is 11.4 Å². The van der Waals surface area contributed by atoms with E-state index >= 15 is 0 Å². The molecule has 0 fully saturated rings. The third kappa shape index (κ3) is 3.20. The zero-order valence-electron chi connectivity index (χ0n) is 11.3. The van der Waals surface area contributed by atoms with E-state index in [1.807, 2.05) is 26.8 Å². The summed E-state index contributed by atoms with van der Waals surface area (Å²) >= 11 is 0. The van der Waals surface area contributed by atoms with E-state index in [2.05, 4.69) is 5.32 Å². The summed E-state index contributed by atoms with van der Waals surface area (Å²) in [7, 11) is 0. The van der Waals surface area contributed by atoms with Crippen LogP contribution in [0.3, 0.4) is 0 Å². The molecule has 1 atom stereocenters. The molecule has 1 rings (SSSR count). The summed E-state index contributed by atoms with van der Waals surface area (Å²) in [4.78, 5) is 10.3. The lowest BCUT2D eigenvalue weighted by molar-refractivity contribution is -0.385. The molecule has 0 aromatic heterocycles. The van der Waals surface area contributed by atoms with Crippen molar-refractivity contribution in [1.82, 2.24) is 0 Å². The highest BCUT2D eigenvalue weighted by atomic mass is 16.6. The zero-order chi connectivity index (χ0) is 14.6. The van der Waals surface area contributed by atoms with Gasteiger partial charge in [-0.1, -0.05) is 13.8 Å². The molecule has 6 heteroatoms. The van der Waals surface area contributed by atoms with Gasteiger partial charge in [-0.3, -0.25) is 10.1 Å². The minimum atomic E-state index is -0.557. The van der Waals surface area contributed by atoms with E-state index in [1.54, 1.807) is 6.07 Å². The number of rotatable bonds is 5. The molecule has 3 N–H and O–H groups in total. The Hall–Kier alpha value is -2.13. The molecule has 1 unspecified atom stereocenters. The van der Waals surface area contributed by atoms with E-state index in [1.165, 1.54) is 12.1 Å². The summed E-state index contributed by atoms with van der Waals surface area (Å²) in [6, 6.07) is 6.28. The monoisotopic (exact) mass is 262 g/mol. The Balaban J connectivity index is 3.14. The molecule has 6 nitrogen and oxygen atoms in total. The Morgan fingerprint density at radius 3 is 2.63 bits per heavy atom. The number of nitriles is 1. The smallest absolute Gasteiger partial charge is 0.289 e. The first-order valence-electron chi connectivity index (χ1n) is 6.01. The van der Waals surface area contributed by atoms with Gasteiger partial charge < -0.3 is 11.1 Å². The molecule has 0 saturated carbocycles. The number of anilines is 1. The number of nitrogens with one attached hydrogen (secondary N) is 1. The number of hydrogen-bond donors (Lipinski definition) is 2. The van der Waals surface area contributed by atoms with Gasteiger partial charge in [-0.05, 0) is 25.0 Å². The van der Waals surface area contributed by atoms with Gasteiger partial charge in [0.25, 0.3) is 5.69 Å². The fourth-order valence-electron chi connectivity index (χ4n) is 1.62. The van der Waals surface area contributed by atoms with Crippen molar-refractivity contribution in [2.75, 3.05) is 11.9 Å². The molecule has 0 saturated heterocycles. The zero-order valence-corrected chi connectivity index (χ0v) is 11.3. The van der Waals surface area contributed by atoms with Gasteiger partial charge in [0.1, 0.15) is 11.6 Å². The maximum absolute atomic E-state index is 10.9. The maximum atomic E-state index is 10.9. The summed E-state index contributed by atoms with van der Waals surface area (Å²) in [5, 5.41) is 22.9. The molecule has 0 amide bonds. The van der Waals surface area contributed by atoms with E-state index in [4.69, 9.17) is 11.0 Å². The van der Waals surface area contributed by atoms with Crippen LogP contribution in [0.2, 0.25) is 0 Å². The van der Waals surface area contributed by atoms with Crippen molar-refractivity contribution in [2.45, 2.75) is 26.3 Å². The van der Waals surface area contributed by atoms with Gasteiger partial charge in [-0.15, -0.1) is 0 Å². The van der Waals surface area contributed by atoms with Gasteiger partial charge in [0.2, 0.25) is 0 Å². The molecular weight excluding hydrogens is 244 g/mol. The fraction of sp³-hybridized carbons (Fsp3) is 0.462. The minimum absolute atomic E-state index is 0.0505. The third-order valence-corrected chi connectivity index (χ3v) is 3.44. The Morgan fingerprint density at radius 1 is 1.58 bits per heavy atom. The molecule has 1 aromatic rings. The third-order valence-electron chi connectivity index (χ3n) is 3.44. The maximum Gasteiger partial charge on any atom is 0.289 e. The summed E-state index contributed by atoms with van der Waals surface area (Å²) in [5.74, 6) is 0.257. The second kappa shape index (κ2) is 5.67. The van der Waals surface area contributed by atoms with Crippen LogP contribution < -0.4 is 11.1 Å². The summed E-state index contributed by atoms with van der Waals surface area (Å²) in [6.07, 6.45) is 0. The summed E-state index contributed by atoms with van der Waals surface area (Å²) in [6.45, 7) is 6.41. The van der Waals surface area contributed by atoms with Crippen LogP contribution in [0.5, 0.6) is 0 Å². The number of nitro groups is 1. The normalized spacial score (nSPS) is 13.7. The van der Waals surface area contributed by atoms with E-state index in [9.17, 15) is 10.1 Å². The molecule has 0 bridgehead atoms. The standard InChI is InChI=1S/C13H18N4O2/c1-9(2)13(3,8-15)16-11-5-4-10(7-14)12(6-11)17(18)19/h4-6,9,16H,8,15H2,1-3H3. The average Bonchev–Trinajstić information content (AvgIpc) is 2.38. The van der Waals surface area contributed by atoms with Crippen molar-refractivity contribution >= 4 is 11.4 Å². The van der Waals surface area contributed by atoms with Crippen molar-refractivity contribution in [3.8, 4) is 6.07 Å². The predicted molar refractivity (Wildman–Crippen MR) is 73.7 cm³/mol. The van der Waals surface area contributed by atoms with Crippen molar-refractivity contribution < 1.29 is 4.92 Å². The quantitative estimate of drug-likeness (QED) is 0.625. The Kier molecular flexibility index (Phi) is 4.46. The van der Waals surface area contributed by atoms with Crippen molar-refractivity contribution in [3.63, 3.8) is 0 Å². The van der Waals surface area contributed by atoms with Gasteiger partial charge in [0, 0.05) is 23.8 Å². The average molecular weight is 262 g/mol. The highest BCUT2D eigenvalue weighted by molar-refractivity contribution is 5.60. The van der Waals surface area contributed by atoms with Gasteiger partial charge in [-0.25, -0.2) is 0 Å². The van der Waals surface area contributed by atoms with Crippen LogP contribution in [0.1, 0.15) is 26.3 Å². The van der Waals surface area contributed by atoms with Gasteiger partial charge in [0.15, 0.2) is 0 Å². The molecule has 0 spiro atoms. The fourth-order valence-corrected chi connectivity index (χ4v) is 1.62. The molecule has 19 heavy (non-hydrogen) atoms. The SMILES string of the molecule is CC(C)C(C)(CN)Nc1ccc(C#N)c([N+](=O)[O-])c1. The first-order chi connectivity index (χ1) is 8.84.